The molecule has 0 radical (unpaired) electrons. The third kappa shape index (κ3) is 12.6. The Hall–Kier alpha value is -1.76. The standard InChI is InChI=1S/C14H19N3.11H3N/c1-15-8-10-16(11-9-15)12-17-7-6-13-4-2-3-5-14(13)17;;;;;;;;;;;/h2-7H,8-12H2,1H3;11*1H3. The van der Waals surface area contributed by atoms with Gasteiger partial charge in [0.15, 0.2) is 0 Å². The number of likely N-dealkylation sites (N-methyl/N-ethyl adjacent to an activating group) is 1. The molecule has 2 heterocycles. The van der Waals surface area contributed by atoms with Gasteiger partial charge < -0.3 is 77.1 Å². The van der Waals surface area contributed by atoms with Crippen LogP contribution in [0.5, 0.6) is 0 Å². The Balaban J connectivity index is -0.0000000469. The van der Waals surface area contributed by atoms with E-state index in [4.69, 9.17) is 0 Å². The largest absolute Gasteiger partial charge is 0.344 e. The van der Waals surface area contributed by atoms with Gasteiger partial charge in [-0.05, 0) is 24.6 Å². The normalized spacial score (nSPS) is 11.5. The number of rotatable bonds is 2. The van der Waals surface area contributed by atoms with Gasteiger partial charge in [-0.2, -0.15) is 0 Å². The van der Waals surface area contributed by atoms with Crippen molar-refractivity contribution in [3.8, 4) is 0 Å². The minimum Gasteiger partial charge on any atom is -0.344 e. The first-order chi connectivity index (χ1) is 8.33. The maximum Gasteiger partial charge on any atom is 0.0751 e. The quantitative estimate of drug-likeness (QED) is 0.333. The lowest BCUT2D eigenvalue weighted by molar-refractivity contribution is 0.126. The average Bonchev–Trinajstić information content (AvgIpc) is 2.76. The maximum absolute atomic E-state index is 2.52. The molecule has 1 aliphatic rings. The lowest BCUT2D eigenvalue weighted by Gasteiger charge is -2.32. The van der Waals surface area contributed by atoms with Crippen molar-refractivity contribution in [3.05, 3.63) is 36.5 Å². The highest BCUT2D eigenvalue weighted by atomic mass is 15.3. The predicted octanol–water partition coefficient (Wildman–Crippen LogP) is 3.63. The number of hydrogen-bond donors (Lipinski definition) is 11. The van der Waals surface area contributed by atoms with Gasteiger partial charge in [-0.1, -0.05) is 18.2 Å². The second kappa shape index (κ2) is 25.2. The number of piperazine rings is 1. The van der Waals surface area contributed by atoms with Crippen LogP contribution in [0.25, 0.3) is 10.9 Å². The second-order valence-electron chi connectivity index (χ2n) is 4.91. The van der Waals surface area contributed by atoms with Crippen molar-refractivity contribution in [1.82, 2.24) is 82.0 Å². The van der Waals surface area contributed by atoms with E-state index in [-0.39, 0.29) is 67.7 Å². The molecule has 1 aromatic carbocycles. The van der Waals surface area contributed by atoms with Crippen molar-refractivity contribution in [2.24, 2.45) is 0 Å². The zero-order valence-corrected chi connectivity index (χ0v) is 18.1. The fourth-order valence-electron chi connectivity index (χ4n) is 2.47. The summed E-state index contributed by atoms with van der Waals surface area (Å²) in [6, 6.07) is 10.8. The number of para-hydroxylation sites is 1. The number of nitrogens with zero attached hydrogens (tertiary/aromatic N) is 3. The van der Waals surface area contributed by atoms with E-state index in [1.165, 1.54) is 37.1 Å². The van der Waals surface area contributed by atoms with Crippen LogP contribution in [0.3, 0.4) is 0 Å². The van der Waals surface area contributed by atoms with Gasteiger partial charge in [-0.25, -0.2) is 0 Å². The molecule has 1 aliphatic heterocycles. The molecule has 1 saturated heterocycles. The van der Waals surface area contributed by atoms with Gasteiger partial charge in [0.1, 0.15) is 0 Å². The van der Waals surface area contributed by atoms with Crippen LogP contribution in [0, 0.1) is 0 Å². The Bertz CT molecular complexity index is 511. The van der Waals surface area contributed by atoms with E-state index in [2.05, 4.69) is 57.9 Å². The Morgan fingerprint density at radius 3 is 1.61 bits per heavy atom. The van der Waals surface area contributed by atoms with Crippen molar-refractivity contribution < 1.29 is 0 Å². The van der Waals surface area contributed by atoms with Crippen LogP contribution >= 0.6 is 0 Å². The molecule has 0 atom stereocenters. The van der Waals surface area contributed by atoms with Gasteiger partial charge in [0.05, 0.1) is 6.67 Å². The molecule has 0 saturated carbocycles. The third-order valence-electron chi connectivity index (χ3n) is 3.63. The minimum atomic E-state index is 0. The lowest BCUT2D eigenvalue weighted by atomic mass is 10.2. The van der Waals surface area contributed by atoms with Gasteiger partial charge >= 0.3 is 0 Å². The molecule has 33 N–H and O–H groups in total. The van der Waals surface area contributed by atoms with Crippen LogP contribution in [0.1, 0.15) is 0 Å². The van der Waals surface area contributed by atoms with Crippen molar-refractivity contribution in [2.75, 3.05) is 33.2 Å². The first-order valence-electron chi connectivity index (χ1n) is 6.28. The molecule has 0 aliphatic carbocycles. The fraction of sp³-hybridized carbons (Fsp3) is 0.429. The molecule has 1 fully saturated rings. The Morgan fingerprint density at radius 1 is 0.643 bits per heavy atom. The molecular formula is C14H52N14. The smallest absolute Gasteiger partial charge is 0.0751 e. The van der Waals surface area contributed by atoms with Gasteiger partial charge in [-0.3, -0.25) is 4.90 Å². The second-order valence-corrected chi connectivity index (χ2v) is 4.91. The molecule has 0 unspecified atom stereocenters. The molecule has 178 valence electrons. The zero-order valence-electron chi connectivity index (χ0n) is 18.1. The molecule has 2 aromatic rings. The minimum absolute atomic E-state index is 0. The van der Waals surface area contributed by atoms with Crippen LogP contribution in [0.2, 0.25) is 0 Å². The maximum atomic E-state index is 2.52. The van der Waals surface area contributed by atoms with Crippen molar-refractivity contribution in [1.29, 1.82) is 0 Å². The van der Waals surface area contributed by atoms with Crippen molar-refractivity contribution >= 4 is 10.9 Å². The van der Waals surface area contributed by atoms with Crippen LogP contribution in [0.4, 0.5) is 0 Å². The van der Waals surface area contributed by atoms with Gasteiger partial charge in [-0.15, -0.1) is 0 Å². The molecule has 3 rings (SSSR count). The molecule has 14 nitrogen and oxygen atoms in total. The predicted molar refractivity (Wildman–Crippen MR) is 126 cm³/mol. The molecule has 1 aromatic heterocycles. The first kappa shape index (κ1) is 56.2. The summed E-state index contributed by atoms with van der Waals surface area (Å²) in [4.78, 5) is 4.91. The summed E-state index contributed by atoms with van der Waals surface area (Å²) < 4.78 is 2.35. The van der Waals surface area contributed by atoms with Crippen LogP contribution in [-0.4, -0.2) is 47.6 Å². The third-order valence-corrected chi connectivity index (χ3v) is 3.63. The average molecular weight is 417 g/mol. The summed E-state index contributed by atoms with van der Waals surface area (Å²) in [6.07, 6.45) is 2.20. The van der Waals surface area contributed by atoms with Crippen LogP contribution < -0.4 is 67.7 Å². The summed E-state index contributed by atoms with van der Waals surface area (Å²) in [5.74, 6) is 0. The molecule has 0 bridgehead atoms. The van der Waals surface area contributed by atoms with Crippen LogP contribution in [0.15, 0.2) is 36.5 Å². The molecule has 28 heavy (non-hydrogen) atoms. The van der Waals surface area contributed by atoms with Crippen molar-refractivity contribution in [2.45, 2.75) is 6.67 Å². The van der Waals surface area contributed by atoms with Gasteiger partial charge in [0.25, 0.3) is 0 Å². The number of hydrogen-bond acceptors (Lipinski definition) is 13. The van der Waals surface area contributed by atoms with E-state index in [0.717, 1.165) is 6.67 Å². The topological polar surface area (TPSA) is 396 Å². The molecule has 0 spiro atoms. The van der Waals surface area contributed by atoms with E-state index >= 15 is 0 Å². The summed E-state index contributed by atoms with van der Waals surface area (Å²) >= 11 is 0. The number of aromatic nitrogens is 1. The number of benzene rings is 1. The Labute approximate surface area is 170 Å². The van der Waals surface area contributed by atoms with Crippen LogP contribution in [-0.2, 0) is 6.67 Å². The fourth-order valence-corrected chi connectivity index (χ4v) is 2.47. The SMILES string of the molecule is CN1CCN(Cn2ccc3ccccc32)CC1.N.N.N.N.N.N.N.N.N.N.N. The molecular weight excluding hydrogens is 364 g/mol. The lowest BCUT2D eigenvalue weighted by Crippen LogP contribution is -2.44. The van der Waals surface area contributed by atoms with E-state index in [0.29, 0.717) is 0 Å². The van der Waals surface area contributed by atoms with E-state index in [1.807, 2.05) is 0 Å². The first-order valence-corrected chi connectivity index (χ1v) is 6.28. The van der Waals surface area contributed by atoms with Crippen molar-refractivity contribution in [3.63, 3.8) is 0 Å². The molecule has 14 heteroatoms. The zero-order chi connectivity index (χ0) is 11.7. The summed E-state index contributed by atoms with van der Waals surface area (Å²) in [5.41, 5.74) is 1.34. The van der Waals surface area contributed by atoms with E-state index in [9.17, 15) is 0 Å². The molecule has 0 amide bonds. The highest BCUT2D eigenvalue weighted by Crippen LogP contribution is 2.15. The van der Waals surface area contributed by atoms with Gasteiger partial charge in [0, 0.05) is 37.9 Å². The monoisotopic (exact) mass is 416 g/mol. The number of fused-ring (bicyclic) bond motifs is 1. The summed E-state index contributed by atoms with van der Waals surface area (Å²) in [5, 5.41) is 1.33. The highest BCUT2D eigenvalue weighted by molar-refractivity contribution is 5.79. The summed E-state index contributed by atoms with van der Waals surface area (Å²) in [7, 11) is 2.20. The van der Waals surface area contributed by atoms with E-state index < -0.39 is 0 Å². The van der Waals surface area contributed by atoms with Gasteiger partial charge in [0.2, 0.25) is 0 Å². The highest BCUT2D eigenvalue weighted by Gasteiger charge is 2.14. The Kier molecular flexibility index (Phi) is 50.7. The van der Waals surface area contributed by atoms with E-state index in [1.54, 1.807) is 0 Å². The Morgan fingerprint density at radius 2 is 1.11 bits per heavy atom. The summed E-state index contributed by atoms with van der Waals surface area (Å²) in [6.45, 7) is 5.71.